The van der Waals surface area contributed by atoms with Gasteiger partial charge in [0.1, 0.15) is 5.01 Å². The van der Waals surface area contributed by atoms with E-state index in [1.54, 1.807) is 41.7 Å². The van der Waals surface area contributed by atoms with Gasteiger partial charge in [0.25, 0.3) is 10.0 Å². The van der Waals surface area contributed by atoms with Gasteiger partial charge >= 0.3 is 0 Å². The molecule has 0 aliphatic carbocycles. The van der Waals surface area contributed by atoms with Gasteiger partial charge in [-0.05, 0) is 67.1 Å². The zero-order chi connectivity index (χ0) is 19.9. The van der Waals surface area contributed by atoms with Gasteiger partial charge in [-0.3, -0.25) is 4.72 Å². The van der Waals surface area contributed by atoms with Gasteiger partial charge < -0.3 is 0 Å². The molecule has 0 unspecified atom stereocenters. The predicted octanol–water partition coefficient (Wildman–Crippen LogP) is 6.49. The van der Waals surface area contributed by atoms with Crippen LogP contribution in [0.5, 0.6) is 0 Å². The fourth-order valence-corrected chi connectivity index (χ4v) is 5.47. The highest BCUT2D eigenvalue weighted by Gasteiger charge is 2.16. The molecule has 4 nitrogen and oxygen atoms in total. The minimum Gasteiger partial charge on any atom is -0.280 e. The van der Waals surface area contributed by atoms with Crippen LogP contribution < -0.4 is 4.72 Å². The fourth-order valence-electron chi connectivity index (χ4n) is 2.73. The number of hydrogen-bond acceptors (Lipinski definition) is 4. The number of nitrogens with zero attached hydrogens (tertiary/aromatic N) is 1. The first-order valence-electron chi connectivity index (χ1n) is 8.27. The summed E-state index contributed by atoms with van der Waals surface area (Å²) in [5.41, 5.74) is 3.26. The zero-order valence-corrected chi connectivity index (χ0v) is 18.6. The van der Waals surface area contributed by atoms with E-state index in [1.807, 2.05) is 19.1 Å². The van der Waals surface area contributed by atoms with Crippen LogP contribution in [0.15, 0.2) is 70.0 Å². The number of fused-ring (bicyclic) bond motifs is 1. The van der Waals surface area contributed by atoms with Crippen molar-refractivity contribution in [2.24, 2.45) is 0 Å². The Kier molecular flexibility index (Phi) is 5.18. The second kappa shape index (κ2) is 7.48. The number of aromatic nitrogens is 1. The quantitative estimate of drug-likeness (QED) is 0.353. The topological polar surface area (TPSA) is 59.1 Å². The number of nitrogens with one attached hydrogen (secondary N) is 1. The fraction of sp³-hybridized carbons (Fsp3) is 0.0500. The standard InChI is InChI=1S/C20H14BrClN2O2S2/c1-12-2-9-18-19(10-12)27-20(23-18)16-8-5-14(11-17(16)22)24-28(25,26)15-6-3-13(21)4-7-15/h2-11,24H,1H3. The molecule has 0 saturated carbocycles. The molecule has 0 aliphatic rings. The van der Waals surface area contributed by atoms with Crippen LogP contribution in [-0.4, -0.2) is 13.4 Å². The average Bonchev–Trinajstić information content (AvgIpc) is 3.04. The number of thiazole rings is 1. The molecule has 0 bridgehead atoms. The maximum absolute atomic E-state index is 12.5. The van der Waals surface area contributed by atoms with E-state index >= 15 is 0 Å². The molecule has 0 spiro atoms. The van der Waals surface area contributed by atoms with Crippen molar-refractivity contribution in [2.45, 2.75) is 11.8 Å². The first-order valence-corrected chi connectivity index (χ1v) is 11.7. The van der Waals surface area contributed by atoms with E-state index in [0.717, 1.165) is 25.3 Å². The molecular formula is C20H14BrClN2O2S2. The molecule has 3 aromatic carbocycles. The third-order valence-electron chi connectivity index (χ3n) is 4.12. The minimum atomic E-state index is -3.69. The number of benzene rings is 3. The number of hydrogen-bond donors (Lipinski definition) is 1. The third kappa shape index (κ3) is 3.93. The normalized spacial score (nSPS) is 11.7. The summed E-state index contributed by atoms with van der Waals surface area (Å²) in [5, 5.41) is 1.24. The van der Waals surface area contributed by atoms with Crippen LogP contribution in [0.2, 0.25) is 5.02 Å². The zero-order valence-electron chi connectivity index (χ0n) is 14.6. The molecule has 1 heterocycles. The third-order valence-corrected chi connectivity index (χ3v) is 7.41. The molecule has 0 radical (unpaired) electrons. The molecule has 8 heteroatoms. The highest BCUT2D eigenvalue weighted by atomic mass is 79.9. The molecule has 0 aliphatic heterocycles. The van der Waals surface area contributed by atoms with E-state index < -0.39 is 10.0 Å². The number of sulfonamides is 1. The van der Waals surface area contributed by atoms with Crippen molar-refractivity contribution in [3.8, 4) is 10.6 Å². The molecule has 4 aromatic rings. The molecule has 1 N–H and O–H groups in total. The van der Waals surface area contributed by atoms with Crippen LogP contribution in [0, 0.1) is 6.92 Å². The Morgan fingerprint density at radius 3 is 2.50 bits per heavy atom. The van der Waals surface area contributed by atoms with E-state index in [0.29, 0.717) is 10.7 Å². The Bertz CT molecular complexity index is 1290. The predicted molar refractivity (Wildman–Crippen MR) is 120 cm³/mol. The highest BCUT2D eigenvalue weighted by molar-refractivity contribution is 9.10. The molecular weight excluding hydrogens is 480 g/mol. The van der Waals surface area contributed by atoms with Crippen LogP contribution in [0.3, 0.4) is 0 Å². The first-order chi connectivity index (χ1) is 13.3. The van der Waals surface area contributed by atoms with Crippen LogP contribution in [-0.2, 0) is 10.0 Å². The van der Waals surface area contributed by atoms with E-state index in [4.69, 9.17) is 11.6 Å². The van der Waals surface area contributed by atoms with Crippen molar-refractivity contribution < 1.29 is 8.42 Å². The van der Waals surface area contributed by atoms with E-state index in [9.17, 15) is 8.42 Å². The van der Waals surface area contributed by atoms with Gasteiger partial charge in [-0.25, -0.2) is 13.4 Å². The minimum absolute atomic E-state index is 0.178. The summed E-state index contributed by atoms with van der Waals surface area (Å²) in [6.45, 7) is 2.04. The highest BCUT2D eigenvalue weighted by Crippen LogP contribution is 2.36. The summed E-state index contributed by atoms with van der Waals surface area (Å²) in [7, 11) is -3.69. The molecule has 0 fully saturated rings. The van der Waals surface area contributed by atoms with Gasteiger partial charge in [0.15, 0.2) is 0 Å². The van der Waals surface area contributed by atoms with Crippen molar-refractivity contribution in [3.05, 3.63) is 75.7 Å². The monoisotopic (exact) mass is 492 g/mol. The molecule has 142 valence electrons. The smallest absolute Gasteiger partial charge is 0.261 e. The van der Waals surface area contributed by atoms with Gasteiger partial charge in [-0.2, -0.15) is 0 Å². The van der Waals surface area contributed by atoms with Crippen molar-refractivity contribution in [1.82, 2.24) is 4.98 Å². The lowest BCUT2D eigenvalue weighted by atomic mass is 10.2. The number of rotatable bonds is 4. The van der Waals surface area contributed by atoms with E-state index in [-0.39, 0.29) is 4.90 Å². The summed E-state index contributed by atoms with van der Waals surface area (Å²) in [5.74, 6) is 0. The van der Waals surface area contributed by atoms with Crippen molar-refractivity contribution >= 4 is 64.8 Å². The largest absolute Gasteiger partial charge is 0.280 e. The van der Waals surface area contributed by atoms with E-state index in [2.05, 4.69) is 31.7 Å². The molecule has 28 heavy (non-hydrogen) atoms. The summed E-state index contributed by atoms with van der Waals surface area (Å²) >= 11 is 11.3. The molecule has 4 rings (SSSR count). The molecule has 0 atom stereocenters. The van der Waals surface area contributed by atoms with Crippen LogP contribution >= 0.6 is 38.9 Å². The van der Waals surface area contributed by atoms with Gasteiger partial charge in [-0.1, -0.05) is 33.6 Å². The molecule has 1 aromatic heterocycles. The Hall–Kier alpha value is -1.93. The van der Waals surface area contributed by atoms with Crippen LogP contribution in [0.25, 0.3) is 20.8 Å². The average molecular weight is 494 g/mol. The Morgan fingerprint density at radius 1 is 1.04 bits per heavy atom. The molecule has 0 amide bonds. The number of aryl methyl sites for hydroxylation is 1. The summed E-state index contributed by atoms with van der Waals surface area (Å²) in [6, 6.07) is 17.6. The van der Waals surface area contributed by atoms with Gasteiger partial charge in [0, 0.05) is 10.0 Å². The van der Waals surface area contributed by atoms with Crippen LogP contribution in [0.1, 0.15) is 5.56 Å². The SMILES string of the molecule is Cc1ccc2nc(-c3ccc(NS(=O)(=O)c4ccc(Br)cc4)cc3Cl)sc2c1. The lowest BCUT2D eigenvalue weighted by Gasteiger charge is -2.10. The summed E-state index contributed by atoms with van der Waals surface area (Å²) < 4.78 is 29.6. The Balaban J connectivity index is 1.64. The Labute approximate surface area is 180 Å². The van der Waals surface area contributed by atoms with Gasteiger partial charge in [0.05, 0.1) is 25.8 Å². The molecule has 0 saturated heterocycles. The summed E-state index contributed by atoms with van der Waals surface area (Å²) in [4.78, 5) is 4.81. The maximum atomic E-state index is 12.5. The lowest BCUT2D eigenvalue weighted by molar-refractivity contribution is 0.601. The second-order valence-electron chi connectivity index (χ2n) is 6.24. The van der Waals surface area contributed by atoms with E-state index in [1.165, 1.54) is 17.7 Å². The second-order valence-corrected chi connectivity index (χ2v) is 10.3. The van der Waals surface area contributed by atoms with Gasteiger partial charge in [0.2, 0.25) is 0 Å². The van der Waals surface area contributed by atoms with Crippen LogP contribution in [0.4, 0.5) is 5.69 Å². The lowest BCUT2D eigenvalue weighted by Crippen LogP contribution is -2.12. The number of halogens is 2. The van der Waals surface area contributed by atoms with Gasteiger partial charge in [-0.15, -0.1) is 11.3 Å². The maximum Gasteiger partial charge on any atom is 0.261 e. The number of anilines is 1. The first kappa shape index (κ1) is 19.4. The summed E-state index contributed by atoms with van der Waals surface area (Å²) in [6.07, 6.45) is 0. The van der Waals surface area contributed by atoms with Crippen molar-refractivity contribution in [1.29, 1.82) is 0 Å². The van der Waals surface area contributed by atoms with Crippen molar-refractivity contribution in [2.75, 3.05) is 4.72 Å². The Morgan fingerprint density at radius 2 is 1.79 bits per heavy atom. The van der Waals surface area contributed by atoms with Crippen molar-refractivity contribution in [3.63, 3.8) is 0 Å².